The van der Waals surface area contributed by atoms with Crippen molar-refractivity contribution in [3.8, 4) is 0 Å². The molecule has 0 aliphatic rings. The van der Waals surface area contributed by atoms with Crippen LogP contribution in [0.15, 0.2) is 0 Å². The maximum Gasteiger partial charge on any atom is 0.481 e. The molecule has 0 rings (SSSR count). The van der Waals surface area contributed by atoms with E-state index in [4.69, 9.17) is 23.0 Å². The molecule has 0 heterocycles. The number of hydrogen-bond donors (Lipinski definition) is 0. The quantitative estimate of drug-likeness (QED) is 0.359. The van der Waals surface area contributed by atoms with Gasteiger partial charge in [0.05, 0.1) is 6.10 Å². The number of phosphoric acid groups is 1. The standard InChI is InChI=1S/C13H25O8P/c1-8(2)9(3)19-22(16,20-12(6)17-10(4)14)21-13(7)18-11(5)15/h8-9,12-13H,1-7H3. The predicted molar refractivity (Wildman–Crippen MR) is 77.6 cm³/mol. The molecule has 0 aromatic carbocycles. The molecule has 0 aliphatic heterocycles. The largest absolute Gasteiger partial charge is 0.481 e. The van der Waals surface area contributed by atoms with Crippen LogP contribution in [0.1, 0.15) is 48.5 Å². The highest BCUT2D eigenvalue weighted by Crippen LogP contribution is 2.53. The van der Waals surface area contributed by atoms with Crippen molar-refractivity contribution < 1.29 is 37.2 Å². The van der Waals surface area contributed by atoms with E-state index in [0.717, 1.165) is 0 Å². The SMILES string of the molecule is CC(=O)OC(C)OP(=O)(OC(C)OC(C)=O)OC(C)C(C)C. The number of rotatable bonds is 9. The van der Waals surface area contributed by atoms with Crippen LogP contribution in [0.25, 0.3) is 0 Å². The van der Waals surface area contributed by atoms with Crippen molar-refractivity contribution >= 4 is 19.8 Å². The Kier molecular flexibility index (Phi) is 8.85. The van der Waals surface area contributed by atoms with E-state index >= 15 is 0 Å². The maximum absolute atomic E-state index is 12.7. The van der Waals surface area contributed by atoms with E-state index in [1.807, 2.05) is 13.8 Å². The van der Waals surface area contributed by atoms with Crippen molar-refractivity contribution in [2.45, 2.75) is 67.2 Å². The summed E-state index contributed by atoms with van der Waals surface area (Å²) in [7, 11) is -4.11. The minimum Gasteiger partial charge on any atom is -0.436 e. The highest BCUT2D eigenvalue weighted by Gasteiger charge is 2.36. The van der Waals surface area contributed by atoms with Crippen molar-refractivity contribution in [2.24, 2.45) is 5.92 Å². The molecule has 0 bridgehead atoms. The second-order valence-corrected chi connectivity index (χ2v) is 6.59. The van der Waals surface area contributed by atoms with Gasteiger partial charge in [0.25, 0.3) is 0 Å². The molecule has 22 heavy (non-hydrogen) atoms. The van der Waals surface area contributed by atoms with Gasteiger partial charge in [-0.05, 0) is 26.7 Å². The maximum atomic E-state index is 12.7. The molecule has 0 aliphatic carbocycles. The van der Waals surface area contributed by atoms with E-state index in [9.17, 15) is 14.2 Å². The third kappa shape index (κ3) is 9.15. The molecular weight excluding hydrogens is 315 g/mol. The summed E-state index contributed by atoms with van der Waals surface area (Å²) in [4.78, 5) is 21.8. The van der Waals surface area contributed by atoms with Crippen molar-refractivity contribution in [1.82, 2.24) is 0 Å². The van der Waals surface area contributed by atoms with Gasteiger partial charge in [0.15, 0.2) is 0 Å². The van der Waals surface area contributed by atoms with Gasteiger partial charge in [-0.25, -0.2) is 13.6 Å². The number of hydrogen-bond acceptors (Lipinski definition) is 8. The molecule has 3 atom stereocenters. The zero-order chi connectivity index (χ0) is 17.5. The summed E-state index contributed by atoms with van der Waals surface area (Å²) in [6.07, 6.45) is -2.75. The zero-order valence-electron chi connectivity index (χ0n) is 14.0. The van der Waals surface area contributed by atoms with Crippen LogP contribution in [0.2, 0.25) is 0 Å². The van der Waals surface area contributed by atoms with Crippen LogP contribution >= 0.6 is 7.82 Å². The van der Waals surface area contributed by atoms with E-state index in [0.29, 0.717) is 0 Å². The number of ether oxygens (including phenoxy) is 2. The Hall–Kier alpha value is -0.950. The minimum absolute atomic E-state index is 0.0357. The summed E-state index contributed by atoms with van der Waals surface area (Å²) in [5.41, 5.74) is 0. The number of phosphoric ester groups is 1. The first-order valence-electron chi connectivity index (χ1n) is 6.95. The van der Waals surface area contributed by atoms with E-state index in [2.05, 4.69) is 0 Å². The molecule has 8 nitrogen and oxygen atoms in total. The summed E-state index contributed by atoms with van der Waals surface area (Å²) in [6, 6.07) is 0. The smallest absolute Gasteiger partial charge is 0.436 e. The van der Waals surface area contributed by atoms with Crippen molar-refractivity contribution in [2.75, 3.05) is 0 Å². The highest BCUT2D eigenvalue weighted by atomic mass is 31.2. The molecule has 130 valence electrons. The first kappa shape index (κ1) is 21.0. The fourth-order valence-corrected chi connectivity index (χ4v) is 2.89. The number of esters is 2. The molecule has 9 heteroatoms. The highest BCUT2D eigenvalue weighted by molar-refractivity contribution is 7.48. The molecule has 0 fully saturated rings. The molecule has 0 aromatic heterocycles. The summed E-state index contributed by atoms with van der Waals surface area (Å²) in [5.74, 6) is -1.18. The molecule has 0 aromatic rings. The Labute approximate surface area is 131 Å². The van der Waals surface area contributed by atoms with Gasteiger partial charge in [-0.15, -0.1) is 0 Å². The zero-order valence-corrected chi connectivity index (χ0v) is 14.9. The Morgan fingerprint density at radius 2 is 1.14 bits per heavy atom. The van der Waals surface area contributed by atoms with Gasteiger partial charge in [0.2, 0.25) is 12.6 Å². The Bertz CT molecular complexity index is 394. The molecule has 0 saturated carbocycles. The van der Waals surface area contributed by atoms with Gasteiger partial charge in [-0.3, -0.25) is 14.1 Å². The lowest BCUT2D eigenvalue weighted by molar-refractivity contribution is -0.168. The van der Waals surface area contributed by atoms with Crippen molar-refractivity contribution in [1.29, 1.82) is 0 Å². The Morgan fingerprint density at radius 3 is 1.41 bits per heavy atom. The van der Waals surface area contributed by atoms with Gasteiger partial charge in [-0.1, -0.05) is 13.8 Å². The normalized spacial score (nSPS) is 18.2. The van der Waals surface area contributed by atoms with Crippen LogP contribution in [0, 0.1) is 5.92 Å². The Balaban J connectivity index is 4.99. The van der Waals surface area contributed by atoms with Gasteiger partial charge >= 0.3 is 19.8 Å². The minimum atomic E-state index is -4.11. The number of carbonyl (C=O) groups excluding carboxylic acids is 2. The molecule has 0 amide bonds. The fraction of sp³-hybridized carbons (Fsp3) is 0.846. The summed E-state index contributed by atoms with van der Waals surface area (Å²) >= 11 is 0. The van der Waals surface area contributed by atoms with Crippen LogP contribution in [0.4, 0.5) is 0 Å². The molecule has 0 spiro atoms. The topological polar surface area (TPSA) is 97.4 Å². The fourth-order valence-electron chi connectivity index (χ4n) is 1.27. The third-order valence-electron chi connectivity index (χ3n) is 2.45. The molecule has 0 saturated heterocycles. The van der Waals surface area contributed by atoms with E-state index in [-0.39, 0.29) is 5.92 Å². The lowest BCUT2D eigenvalue weighted by atomic mass is 10.1. The van der Waals surface area contributed by atoms with Gasteiger partial charge < -0.3 is 9.47 Å². The van der Waals surface area contributed by atoms with Crippen molar-refractivity contribution in [3.63, 3.8) is 0 Å². The molecule has 0 N–H and O–H groups in total. The summed E-state index contributed by atoms with van der Waals surface area (Å²) in [6.45, 7) is 10.5. The monoisotopic (exact) mass is 340 g/mol. The lowest BCUT2D eigenvalue weighted by Crippen LogP contribution is -2.23. The van der Waals surface area contributed by atoms with Crippen LogP contribution in [-0.2, 0) is 37.2 Å². The van der Waals surface area contributed by atoms with Crippen LogP contribution < -0.4 is 0 Å². The predicted octanol–water partition coefficient (Wildman–Crippen LogP) is 3.01. The second kappa shape index (κ2) is 9.25. The van der Waals surface area contributed by atoms with Gasteiger partial charge in [0, 0.05) is 13.8 Å². The Morgan fingerprint density at radius 1 is 0.773 bits per heavy atom. The second-order valence-electron chi connectivity index (χ2n) is 5.07. The van der Waals surface area contributed by atoms with E-state index in [1.165, 1.54) is 27.7 Å². The summed E-state index contributed by atoms with van der Waals surface area (Å²) < 4.78 is 37.7. The van der Waals surface area contributed by atoms with Gasteiger partial charge in [-0.2, -0.15) is 0 Å². The van der Waals surface area contributed by atoms with Crippen molar-refractivity contribution in [3.05, 3.63) is 0 Å². The van der Waals surface area contributed by atoms with Crippen LogP contribution in [0.5, 0.6) is 0 Å². The summed E-state index contributed by atoms with van der Waals surface area (Å²) in [5, 5.41) is 0. The van der Waals surface area contributed by atoms with Crippen LogP contribution in [-0.4, -0.2) is 30.6 Å². The molecule has 3 unspecified atom stereocenters. The average Bonchev–Trinajstić information content (AvgIpc) is 2.24. The van der Waals surface area contributed by atoms with E-state index in [1.54, 1.807) is 6.92 Å². The third-order valence-corrected chi connectivity index (χ3v) is 4.15. The average molecular weight is 340 g/mol. The van der Waals surface area contributed by atoms with E-state index < -0.39 is 38.4 Å². The number of carbonyl (C=O) groups is 2. The lowest BCUT2D eigenvalue weighted by Gasteiger charge is -2.27. The first-order valence-corrected chi connectivity index (χ1v) is 8.41. The van der Waals surface area contributed by atoms with Gasteiger partial charge in [0.1, 0.15) is 0 Å². The van der Waals surface area contributed by atoms with Crippen LogP contribution in [0.3, 0.4) is 0 Å². The first-order chi connectivity index (χ1) is 9.95. The molecular formula is C13H25O8P. The molecule has 0 radical (unpaired) electrons.